The van der Waals surface area contributed by atoms with Crippen molar-refractivity contribution < 1.29 is 4.39 Å². The molecule has 0 unspecified atom stereocenters. The SMILES string of the molecule is Cc1cnccc1NCCc1cccc(F)c1. The van der Waals surface area contributed by atoms with Gasteiger partial charge in [-0.1, -0.05) is 12.1 Å². The number of hydrogen-bond acceptors (Lipinski definition) is 2. The van der Waals surface area contributed by atoms with Crippen molar-refractivity contribution >= 4 is 5.69 Å². The van der Waals surface area contributed by atoms with Crippen LogP contribution in [0.2, 0.25) is 0 Å². The summed E-state index contributed by atoms with van der Waals surface area (Å²) in [6, 6.07) is 8.65. The van der Waals surface area contributed by atoms with Gasteiger partial charge in [-0.25, -0.2) is 4.39 Å². The summed E-state index contributed by atoms with van der Waals surface area (Å²) in [5, 5.41) is 3.32. The van der Waals surface area contributed by atoms with Crippen LogP contribution >= 0.6 is 0 Å². The standard InChI is InChI=1S/C14H15FN2/c1-11-10-16-7-6-14(11)17-8-5-12-3-2-4-13(15)9-12/h2-4,6-7,9-10H,5,8H2,1H3,(H,16,17). The van der Waals surface area contributed by atoms with Gasteiger partial charge in [0.1, 0.15) is 5.82 Å². The van der Waals surface area contributed by atoms with Gasteiger partial charge in [-0.05, 0) is 42.7 Å². The summed E-state index contributed by atoms with van der Waals surface area (Å²) < 4.78 is 13.0. The predicted octanol–water partition coefficient (Wildman–Crippen LogP) is 3.18. The Morgan fingerprint density at radius 1 is 1.29 bits per heavy atom. The molecule has 2 rings (SSSR count). The average molecular weight is 230 g/mol. The fourth-order valence-corrected chi connectivity index (χ4v) is 1.71. The summed E-state index contributed by atoms with van der Waals surface area (Å²) in [5.41, 5.74) is 3.20. The summed E-state index contributed by atoms with van der Waals surface area (Å²) in [5.74, 6) is -0.178. The lowest BCUT2D eigenvalue weighted by Gasteiger charge is -2.08. The van der Waals surface area contributed by atoms with Crippen molar-refractivity contribution in [1.29, 1.82) is 0 Å². The van der Waals surface area contributed by atoms with Gasteiger partial charge in [0, 0.05) is 24.6 Å². The lowest BCUT2D eigenvalue weighted by molar-refractivity contribution is 0.625. The number of benzene rings is 1. The Kier molecular flexibility index (Phi) is 3.70. The molecule has 0 fully saturated rings. The summed E-state index contributed by atoms with van der Waals surface area (Å²) in [7, 11) is 0. The smallest absolute Gasteiger partial charge is 0.123 e. The van der Waals surface area contributed by atoms with Crippen molar-refractivity contribution in [2.75, 3.05) is 11.9 Å². The maximum absolute atomic E-state index is 13.0. The number of nitrogens with one attached hydrogen (secondary N) is 1. The van der Waals surface area contributed by atoms with E-state index in [1.54, 1.807) is 18.3 Å². The van der Waals surface area contributed by atoms with E-state index in [0.29, 0.717) is 0 Å². The molecule has 1 aromatic heterocycles. The van der Waals surface area contributed by atoms with Crippen LogP contribution in [0.15, 0.2) is 42.7 Å². The molecule has 0 bridgehead atoms. The lowest BCUT2D eigenvalue weighted by Crippen LogP contribution is -2.06. The molecule has 3 heteroatoms. The molecule has 1 heterocycles. The Bertz CT molecular complexity index is 497. The molecule has 0 aliphatic rings. The van der Waals surface area contributed by atoms with E-state index in [1.165, 1.54) is 6.07 Å². The van der Waals surface area contributed by atoms with Gasteiger partial charge in [0.2, 0.25) is 0 Å². The number of aryl methyl sites for hydroxylation is 1. The van der Waals surface area contributed by atoms with Crippen molar-refractivity contribution in [1.82, 2.24) is 4.98 Å². The molecule has 0 aliphatic carbocycles. The van der Waals surface area contributed by atoms with Crippen LogP contribution in [0.25, 0.3) is 0 Å². The van der Waals surface area contributed by atoms with E-state index in [1.807, 2.05) is 25.3 Å². The minimum absolute atomic E-state index is 0.178. The molecule has 17 heavy (non-hydrogen) atoms. The minimum Gasteiger partial charge on any atom is -0.384 e. The van der Waals surface area contributed by atoms with Crippen LogP contribution in [0.1, 0.15) is 11.1 Å². The molecular formula is C14H15FN2. The van der Waals surface area contributed by atoms with Gasteiger partial charge in [-0.2, -0.15) is 0 Å². The van der Waals surface area contributed by atoms with Crippen molar-refractivity contribution in [2.24, 2.45) is 0 Å². The highest BCUT2D eigenvalue weighted by molar-refractivity contribution is 5.48. The van der Waals surface area contributed by atoms with Gasteiger partial charge in [0.05, 0.1) is 0 Å². The molecule has 0 amide bonds. The Morgan fingerprint density at radius 2 is 2.18 bits per heavy atom. The molecule has 88 valence electrons. The van der Waals surface area contributed by atoms with Gasteiger partial charge in [-0.3, -0.25) is 4.98 Å². The molecule has 2 aromatic rings. The number of hydrogen-bond donors (Lipinski definition) is 1. The first-order valence-electron chi connectivity index (χ1n) is 5.64. The third-order valence-electron chi connectivity index (χ3n) is 2.64. The maximum atomic E-state index is 13.0. The zero-order valence-corrected chi connectivity index (χ0v) is 9.78. The Labute approximate surface area is 101 Å². The third kappa shape index (κ3) is 3.28. The molecule has 0 radical (unpaired) electrons. The van der Waals surface area contributed by atoms with E-state index in [9.17, 15) is 4.39 Å². The molecule has 0 aliphatic heterocycles. The van der Waals surface area contributed by atoms with E-state index in [-0.39, 0.29) is 5.82 Å². The van der Waals surface area contributed by atoms with Crippen LogP contribution < -0.4 is 5.32 Å². The second-order valence-corrected chi connectivity index (χ2v) is 4.00. The first-order valence-corrected chi connectivity index (χ1v) is 5.64. The summed E-state index contributed by atoms with van der Waals surface area (Å²) in [6.07, 6.45) is 4.39. The molecule has 0 saturated heterocycles. The first kappa shape index (κ1) is 11.6. The van der Waals surface area contributed by atoms with Gasteiger partial charge >= 0.3 is 0 Å². The average Bonchev–Trinajstić information content (AvgIpc) is 2.32. The van der Waals surface area contributed by atoms with Crippen LogP contribution in [-0.4, -0.2) is 11.5 Å². The Balaban J connectivity index is 1.90. The maximum Gasteiger partial charge on any atom is 0.123 e. The second-order valence-electron chi connectivity index (χ2n) is 4.00. The van der Waals surface area contributed by atoms with Crippen LogP contribution in [0.3, 0.4) is 0 Å². The fourth-order valence-electron chi connectivity index (χ4n) is 1.71. The highest BCUT2D eigenvalue weighted by atomic mass is 19.1. The molecule has 2 nitrogen and oxygen atoms in total. The van der Waals surface area contributed by atoms with Crippen molar-refractivity contribution in [3.63, 3.8) is 0 Å². The molecule has 0 saturated carbocycles. The van der Waals surface area contributed by atoms with Gasteiger partial charge in [-0.15, -0.1) is 0 Å². The number of nitrogens with zero attached hydrogens (tertiary/aromatic N) is 1. The number of anilines is 1. The zero-order valence-electron chi connectivity index (χ0n) is 9.78. The molecule has 1 N–H and O–H groups in total. The van der Waals surface area contributed by atoms with Gasteiger partial charge in [0.15, 0.2) is 0 Å². The monoisotopic (exact) mass is 230 g/mol. The molecular weight excluding hydrogens is 215 g/mol. The van der Waals surface area contributed by atoms with Crippen molar-refractivity contribution in [2.45, 2.75) is 13.3 Å². The first-order chi connectivity index (χ1) is 8.25. The highest BCUT2D eigenvalue weighted by Crippen LogP contribution is 2.11. The van der Waals surface area contributed by atoms with Crippen LogP contribution in [0, 0.1) is 12.7 Å². The quantitative estimate of drug-likeness (QED) is 0.872. The number of halogens is 1. The predicted molar refractivity (Wildman–Crippen MR) is 67.6 cm³/mol. The van der Waals surface area contributed by atoms with E-state index >= 15 is 0 Å². The van der Waals surface area contributed by atoms with Crippen LogP contribution in [0.4, 0.5) is 10.1 Å². The van der Waals surface area contributed by atoms with E-state index in [0.717, 1.165) is 29.8 Å². The number of rotatable bonds is 4. The van der Waals surface area contributed by atoms with E-state index < -0.39 is 0 Å². The van der Waals surface area contributed by atoms with E-state index in [4.69, 9.17) is 0 Å². The highest BCUT2D eigenvalue weighted by Gasteiger charge is 1.98. The normalized spacial score (nSPS) is 10.2. The summed E-state index contributed by atoms with van der Waals surface area (Å²) >= 11 is 0. The summed E-state index contributed by atoms with van der Waals surface area (Å²) in [4.78, 5) is 4.03. The Morgan fingerprint density at radius 3 is 2.94 bits per heavy atom. The topological polar surface area (TPSA) is 24.9 Å². The fraction of sp³-hybridized carbons (Fsp3) is 0.214. The number of pyridine rings is 1. The number of aromatic nitrogens is 1. The molecule has 0 spiro atoms. The summed E-state index contributed by atoms with van der Waals surface area (Å²) in [6.45, 7) is 2.80. The Hall–Kier alpha value is -1.90. The zero-order chi connectivity index (χ0) is 12.1. The minimum atomic E-state index is -0.178. The van der Waals surface area contributed by atoms with Crippen molar-refractivity contribution in [3.8, 4) is 0 Å². The third-order valence-corrected chi connectivity index (χ3v) is 2.64. The van der Waals surface area contributed by atoms with Crippen molar-refractivity contribution in [3.05, 3.63) is 59.7 Å². The van der Waals surface area contributed by atoms with Gasteiger partial charge in [0.25, 0.3) is 0 Å². The molecule has 0 atom stereocenters. The van der Waals surface area contributed by atoms with Crippen LogP contribution in [-0.2, 0) is 6.42 Å². The van der Waals surface area contributed by atoms with Crippen LogP contribution in [0.5, 0.6) is 0 Å². The molecule has 1 aromatic carbocycles. The van der Waals surface area contributed by atoms with Gasteiger partial charge < -0.3 is 5.32 Å². The second kappa shape index (κ2) is 5.43. The largest absolute Gasteiger partial charge is 0.384 e. The van der Waals surface area contributed by atoms with E-state index in [2.05, 4.69) is 10.3 Å². The lowest BCUT2D eigenvalue weighted by atomic mass is 10.1.